The molecule has 1 aromatic carbocycles. The molecule has 0 bridgehead atoms. The molecule has 0 unspecified atom stereocenters. The number of hydrogen-bond donors (Lipinski definition) is 0. The quantitative estimate of drug-likeness (QED) is 0.303. The molecular weight excluding hydrogens is 320 g/mol. The van der Waals surface area contributed by atoms with Gasteiger partial charge in [-0.2, -0.15) is 5.10 Å². The molecule has 0 atom stereocenters. The minimum atomic E-state index is -0.250. The summed E-state index contributed by atoms with van der Waals surface area (Å²) in [5.41, 5.74) is 6.46. The molecule has 0 aliphatic rings. The van der Waals surface area contributed by atoms with Gasteiger partial charge in [-0.05, 0) is 36.8 Å². The van der Waals surface area contributed by atoms with Gasteiger partial charge in [0.2, 0.25) is 0 Å². The largest absolute Gasteiger partial charge is 0.252 e. The van der Waals surface area contributed by atoms with Gasteiger partial charge in [0.1, 0.15) is 0 Å². The predicted molar refractivity (Wildman–Crippen MR) is 108 cm³/mol. The smallest absolute Gasteiger partial charge is 0.156 e. The number of nitrogens with zero attached hydrogens (tertiary/aromatic N) is 2. The van der Waals surface area contributed by atoms with E-state index in [9.17, 15) is 0 Å². The predicted octanol–water partition coefficient (Wildman–Crippen LogP) is 5.51. The summed E-state index contributed by atoms with van der Waals surface area (Å²) >= 11 is 6.87. The van der Waals surface area contributed by atoms with Crippen molar-refractivity contribution in [3.05, 3.63) is 53.3 Å². The summed E-state index contributed by atoms with van der Waals surface area (Å²) in [7, 11) is 1.90. The topological polar surface area (TPSA) is 15.6 Å². The summed E-state index contributed by atoms with van der Waals surface area (Å²) in [6.07, 6.45) is 5.07. The third kappa shape index (κ3) is 5.98. The average Bonchev–Trinajstić information content (AvgIpc) is 2.57. The highest BCUT2D eigenvalue weighted by atomic mass is 32.2. The molecule has 1 aromatic rings. The van der Waals surface area contributed by atoms with E-state index in [-0.39, 0.29) is 5.41 Å². The van der Waals surface area contributed by atoms with Gasteiger partial charge in [-0.3, -0.25) is 5.01 Å². The van der Waals surface area contributed by atoms with E-state index in [1.54, 1.807) is 5.01 Å². The lowest BCUT2D eigenvalue weighted by atomic mass is 9.83. The fraction of sp³-hybridized carbons (Fsp3) is 0.421. The molecule has 0 aliphatic carbocycles. The van der Waals surface area contributed by atoms with Crippen molar-refractivity contribution in [2.75, 3.05) is 13.3 Å². The number of thiocarbonyl (C=S) groups is 1. The standard InChI is InChI=1S/C19H26N2S2/c1-7-15(2)13-14-19(3,4)17(16-11-9-8-10-12-16)20-21(5)18(22)23-6/h8-12,14H,7H2,1-6H3/b20-17+. The number of allylic oxidation sites excluding steroid dienone is 1. The molecular formula is C19H26N2S2. The van der Waals surface area contributed by atoms with Crippen LogP contribution in [-0.2, 0) is 0 Å². The van der Waals surface area contributed by atoms with Gasteiger partial charge < -0.3 is 0 Å². The van der Waals surface area contributed by atoms with Crippen LogP contribution in [0.4, 0.5) is 0 Å². The first-order valence-electron chi connectivity index (χ1n) is 7.71. The zero-order valence-corrected chi connectivity index (χ0v) is 16.5. The van der Waals surface area contributed by atoms with Crippen LogP contribution < -0.4 is 0 Å². The number of thioether (sulfide) groups is 1. The van der Waals surface area contributed by atoms with E-state index in [4.69, 9.17) is 17.3 Å². The summed E-state index contributed by atoms with van der Waals surface area (Å²) in [5.74, 6) is 0. The molecule has 4 heteroatoms. The van der Waals surface area contributed by atoms with E-state index in [0.717, 1.165) is 22.0 Å². The molecule has 2 nitrogen and oxygen atoms in total. The van der Waals surface area contributed by atoms with Crippen molar-refractivity contribution in [3.8, 4) is 0 Å². The van der Waals surface area contributed by atoms with Gasteiger partial charge in [-0.15, -0.1) is 5.73 Å². The van der Waals surface area contributed by atoms with Crippen LogP contribution in [0.3, 0.4) is 0 Å². The van der Waals surface area contributed by atoms with Crippen LogP contribution in [-0.4, -0.2) is 28.3 Å². The monoisotopic (exact) mass is 346 g/mol. The van der Waals surface area contributed by atoms with Crippen molar-refractivity contribution >= 4 is 34.0 Å². The normalized spacial score (nSPS) is 11.7. The minimum Gasteiger partial charge on any atom is -0.252 e. The highest BCUT2D eigenvalue weighted by Crippen LogP contribution is 2.25. The molecule has 0 heterocycles. The summed E-state index contributed by atoms with van der Waals surface area (Å²) in [5, 5.41) is 6.57. The summed E-state index contributed by atoms with van der Waals surface area (Å²) in [4.78, 5) is 0. The Kier molecular flexibility index (Phi) is 7.77. The second-order valence-corrected chi connectivity index (χ2v) is 7.39. The number of hydrazone groups is 1. The summed E-state index contributed by atoms with van der Waals surface area (Å²) < 4.78 is 0.749. The highest BCUT2D eigenvalue weighted by Gasteiger charge is 2.25. The zero-order chi connectivity index (χ0) is 17.5. The highest BCUT2D eigenvalue weighted by molar-refractivity contribution is 8.22. The maximum Gasteiger partial charge on any atom is 0.156 e. The lowest BCUT2D eigenvalue weighted by Gasteiger charge is -2.25. The van der Waals surface area contributed by atoms with E-state index < -0.39 is 0 Å². The molecule has 0 spiro atoms. The van der Waals surface area contributed by atoms with E-state index in [0.29, 0.717) is 0 Å². The van der Waals surface area contributed by atoms with Gasteiger partial charge in [-0.25, -0.2) is 0 Å². The van der Waals surface area contributed by atoms with Crippen LogP contribution in [0, 0.1) is 5.41 Å². The van der Waals surface area contributed by atoms with E-state index in [1.807, 2.05) is 31.5 Å². The summed E-state index contributed by atoms with van der Waals surface area (Å²) in [6.45, 7) is 8.55. The second-order valence-electron chi connectivity index (χ2n) is 5.95. The van der Waals surface area contributed by atoms with E-state index in [2.05, 4.69) is 51.6 Å². The van der Waals surface area contributed by atoms with Gasteiger partial charge in [0, 0.05) is 12.5 Å². The number of hydrogen-bond acceptors (Lipinski definition) is 3. The first-order chi connectivity index (χ1) is 10.8. The molecule has 23 heavy (non-hydrogen) atoms. The maximum atomic E-state index is 5.35. The van der Waals surface area contributed by atoms with Gasteiger partial charge in [0.05, 0.1) is 5.71 Å². The molecule has 0 saturated carbocycles. The second kappa shape index (κ2) is 9.07. The molecule has 124 valence electrons. The SMILES string of the molecule is CCC(C)=C=CC(C)(C)/C(=N/N(C)C(=S)SC)c1ccccc1. The molecule has 0 aromatic heterocycles. The Morgan fingerprint density at radius 2 is 1.96 bits per heavy atom. The van der Waals surface area contributed by atoms with Crippen LogP contribution in [0.15, 0.2) is 52.8 Å². The Hall–Kier alpha value is -1.35. The molecule has 0 aliphatic heterocycles. The lowest BCUT2D eigenvalue weighted by molar-refractivity contribution is 0.544. The molecule has 0 fully saturated rings. The van der Waals surface area contributed by atoms with Gasteiger partial charge in [-0.1, -0.05) is 75.1 Å². The van der Waals surface area contributed by atoms with Gasteiger partial charge in [0.25, 0.3) is 0 Å². The lowest BCUT2D eigenvalue weighted by Crippen LogP contribution is -2.28. The number of benzene rings is 1. The Morgan fingerprint density at radius 3 is 2.48 bits per heavy atom. The van der Waals surface area contributed by atoms with Crippen LogP contribution >= 0.6 is 24.0 Å². The van der Waals surface area contributed by atoms with Gasteiger partial charge >= 0.3 is 0 Å². The van der Waals surface area contributed by atoms with Crippen molar-refractivity contribution in [2.24, 2.45) is 10.5 Å². The molecule has 0 amide bonds. The fourth-order valence-electron chi connectivity index (χ4n) is 1.95. The molecule has 1 rings (SSSR count). The van der Waals surface area contributed by atoms with E-state index >= 15 is 0 Å². The van der Waals surface area contributed by atoms with Gasteiger partial charge in [0.15, 0.2) is 4.32 Å². The van der Waals surface area contributed by atoms with Crippen LogP contribution in [0.25, 0.3) is 0 Å². The first kappa shape index (κ1) is 19.7. The Labute approximate surface area is 150 Å². The zero-order valence-electron chi connectivity index (χ0n) is 14.9. The van der Waals surface area contributed by atoms with Crippen molar-refractivity contribution in [1.29, 1.82) is 0 Å². The van der Waals surface area contributed by atoms with Crippen LogP contribution in [0.1, 0.15) is 39.7 Å². The average molecular weight is 347 g/mol. The van der Waals surface area contributed by atoms with Crippen molar-refractivity contribution in [3.63, 3.8) is 0 Å². The minimum absolute atomic E-state index is 0.250. The van der Waals surface area contributed by atoms with Crippen molar-refractivity contribution in [1.82, 2.24) is 5.01 Å². The Balaban J connectivity index is 3.38. The first-order valence-corrected chi connectivity index (χ1v) is 9.34. The Bertz CT molecular complexity index is 624. The Morgan fingerprint density at radius 1 is 1.35 bits per heavy atom. The fourth-order valence-corrected chi connectivity index (χ4v) is 2.30. The molecule has 0 saturated heterocycles. The number of rotatable bonds is 5. The van der Waals surface area contributed by atoms with Crippen LogP contribution in [0.2, 0.25) is 0 Å². The van der Waals surface area contributed by atoms with Crippen LogP contribution in [0.5, 0.6) is 0 Å². The summed E-state index contributed by atoms with van der Waals surface area (Å²) in [6, 6.07) is 10.2. The van der Waals surface area contributed by atoms with Crippen molar-refractivity contribution < 1.29 is 0 Å². The third-order valence-corrected chi connectivity index (χ3v) is 4.93. The molecule has 0 N–H and O–H groups in total. The third-order valence-electron chi connectivity index (χ3n) is 3.56. The molecule has 0 radical (unpaired) electrons. The maximum absolute atomic E-state index is 5.35. The van der Waals surface area contributed by atoms with E-state index in [1.165, 1.54) is 17.3 Å². The van der Waals surface area contributed by atoms with Crippen molar-refractivity contribution in [2.45, 2.75) is 34.1 Å².